The molecule has 35 heavy (non-hydrogen) atoms. The first-order valence-electron chi connectivity index (χ1n) is 11.4. The van der Waals surface area contributed by atoms with E-state index in [9.17, 15) is 9.59 Å². The molecule has 2 aromatic carbocycles. The first-order chi connectivity index (χ1) is 17.2. The summed E-state index contributed by atoms with van der Waals surface area (Å²) >= 11 is 1.38. The minimum absolute atomic E-state index is 0.192. The Morgan fingerprint density at radius 3 is 2.57 bits per heavy atom. The Morgan fingerprint density at radius 2 is 1.74 bits per heavy atom. The summed E-state index contributed by atoms with van der Waals surface area (Å²) in [6.07, 6.45) is 1.64. The van der Waals surface area contributed by atoms with Crippen LogP contribution in [0.4, 0.5) is 0 Å². The fourth-order valence-electron chi connectivity index (χ4n) is 3.98. The van der Waals surface area contributed by atoms with E-state index in [0.717, 1.165) is 41.6 Å². The molecule has 9 heteroatoms. The lowest BCUT2D eigenvalue weighted by atomic mass is 10.1. The summed E-state index contributed by atoms with van der Waals surface area (Å²) in [5.74, 6) is 0.807. The number of carbonyl (C=O) groups excluding carboxylic acids is 2. The van der Waals surface area contributed by atoms with Crippen molar-refractivity contribution in [3.8, 4) is 11.5 Å². The second-order valence-corrected chi connectivity index (χ2v) is 9.25. The van der Waals surface area contributed by atoms with Gasteiger partial charge in [0.1, 0.15) is 5.03 Å². The number of carbonyl (C=O) groups is 2. The van der Waals surface area contributed by atoms with Gasteiger partial charge in [0.25, 0.3) is 5.91 Å². The summed E-state index contributed by atoms with van der Waals surface area (Å²) in [7, 11) is 0. The van der Waals surface area contributed by atoms with Crippen LogP contribution in [-0.4, -0.2) is 66.2 Å². The van der Waals surface area contributed by atoms with E-state index in [2.05, 4.69) is 9.88 Å². The van der Waals surface area contributed by atoms with Gasteiger partial charge in [0.05, 0.1) is 5.56 Å². The van der Waals surface area contributed by atoms with Crippen molar-refractivity contribution in [2.75, 3.05) is 39.6 Å². The van der Waals surface area contributed by atoms with Gasteiger partial charge in [0, 0.05) is 43.8 Å². The Balaban J connectivity index is 1.10. The molecule has 2 aliphatic heterocycles. The van der Waals surface area contributed by atoms with Crippen LogP contribution < -0.4 is 9.47 Å². The lowest BCUT2D eigenvalue weighted by Gasteiger charge is -2.34. The first kappa shape index (κ1) is 23.2. The number of fused-ring (bicyclic) bond motifs is 1. The van der Waals surface area contributed by atoms with E-state index in [0.29, 0.717) is 23.7 Å². The summed E-state index contributed by atoms with van der Waals surface area (Å²) in [4.78, 5) is 34.7. The van der Waals surface area contributed by atoms with Gasteiger partial charge in [-0.05, 0) is 42.0 Å². The quantitative estimate of drug-likeness (QED) is 0.465. The maximum absolute atomic E-state index is 12.7. The van der Waals surface area contributed by atoms with Crippen LogP contribution in [0, 0.1) is 0 Å². The van der Waals surface area contributed by atoms with Crippen molar-refractivity contribution in [2.45, 2.75) is 16.5 Å². The van der Waals surface area contributed by atoms with Crippen molar-refractivity contribution in [2.24, 2.45) is 0 Å². The molecule has 0 aliphatic carbocycles. The zero-order chi connectivity index (χ0) is 24.0. The number of hydrogen-bond acceptors (Lipinski definition) is 8. The smallest absolute Gasteiger partial charge is 0.341 e. The molecule has 8 nitrogen and oxygen atoms in total. The number of hydrogen-bond donors (Lipinski definition) is 0. The molecule has 5 rings (SSSR count). The average Bonchev–Trinajstić information content (AvgIpc) is 3.36. The third-order valence-electron chi connectivity index (χ3n) is 5.84. The predicted molar refractivity (Wildman–Crippen MR) is 130 cm³/mol. The van der Waals surface area contributed by atoms with Crippen LogP contribution >= 0.6 is 11.8 Å². The van der Waals surface area contributed by atoms with Crippen LogP contribution in [0.2, 0.25) is 0 Å². The molecule has 0 spiro atoms. The molecule has 0 N–H and O–H groups in total. The molecular formula is C26H25N3O5S. The number of amides is 1. The van der Waals surface area contributed by atoms with E-state index in [1.54, 1.807) is 23.2 Å². The number of benzene rings is 2. The first-order valence-corrected chi connectivity index (χ1v) is 12.2. The largest absolute Gasteiger partial charge is 0.454 e. The van der Waals surface area contributed by atoms with Crippen LogP contribution in [0.15, 0.2) is 76.8 Å². The summed E-state index contributed by atoms with van der Waals surface area (Å²) in [5.41, 5.74) is 1.49. The minimum atomic E-state index is -0.550. The molecule has 0 atom stereocenters. The maximum Gasteiger partial charge on any atom is 0.341 e. The van der Waals surface area contributed by atoms with Gasteiger partial charge in [-0.1, -0.05) is 36.0 Å². The Kier molecular flexibility index (Phi) is 7.15. The van der Waals surface area contributed by atoms with E-state index < -0.39 is 5.97 Å². The minimum Gasteiger partial charge on any atom is -0.454 e. The van der Waals surface area contributed by atoms with Gasteiger partial charge in [-0.25, -0.2) is 9.78 Å². The molecule has 0 saturated carbocycles. The van der Waals surface area contributed by atoms with Crippen molar-refractivity contribution >= 4 is 23.6 Å². The van der Waals surface area contributed by atoms with Crippen molar-refractivity contribution < 1.29 is 23.8 Å². The monoisotopic (exact) mass is 491 g/mol. The highest BCUT2D eigenvalue weighted by Crippen LogP contribution is 2.33. The molecule has 180 valence electrons. The van der Waals surface area contributed by atoms with Gasteiger partial charge in [0.15, 0.2) is 18.1 Å². The Hall–Kier alpha value is -3.56. The van der Waals surface area contributed by atoms with Gasteiger partial charge < -0.3 is 19.1 Å². The molecule has 1 saturated heterocycles. The topological polar surface area (TPSA) is 81.2 Å². The highest BCUT2D eigenvalue weighted by atomic mass is 32.2. The zero-order valence-corrected chi connectivity index (χ0v) is 19.9. The standard InChI is InChI=1S/C26H25N3O5S/c30-24(17-32-26(31)21-7-4-10-27-25(21)35-20-5-2-1-3-6-20)29-13-11-28(12-14-29)16-19-8-9-22-23(15-19)34-18-33-22/h1-10,15H,11-14,16-18H2. The summed E-state index contributed by atoms with van der Waals surface area (Å²) in [5, 5.41) is 0.549. The molecule has 1 aromatic heterocycles. The maximum atomic E-state index is 12.7. The Morgan fingerprint density at radius 1 is 0.943 bits per heavy atom. The summed E-state index contributed by atoms with van der Waals surface area (Å²) < 4.78 is 16.2. The molecule has 1 amide bonds. The van der Waals surface area contributed by atoms with Crippen LogP contribution in [0.25, 0.3) is 0 Å². The summed E-state index contributed by atoms with van der Waals surface area (Å²) in [6.45, 7) is 3.41. The molecule has 0 unspecified atom stereocenters. The highest BCUT2D eigenvalue weighted by molar-refractivity contribution is 7.99. The average molecular weight is 492 g/mol. The molecule has 3 heterocycles. The third-order valence-corrected chi connectivity index (χ3v) is 6.87. The third kappa shape index (κ3) is 5.75. The molecule has 3 aromatic rings. The number of nitrogens with zero attached hydrogens (tertiary/aromatic N) is 3. The Bertz CT molecular complexity index is 1200. The molecule has 0 radical (unpaired) electrons. The number of pyridine rings is 1. The van der Waals surface area contributed by atoms with E-state index in [4.69, 9.17) is 14.2 Å². The van der Waals surface area contributed by atoms with Gasteiger partial charge in [0.2, 0.25) is 6.79 Å². The van der Waals surface area contributed by atoms with Crippen molar-refractivity contribution in [1.29, 1.82) is 0 Å². The lowest BCUT2D eigenvalue weighted by molar-refractivity contribution is -0.136. The molecule has 1 fully saturated rings. The van der Waals surface area contributed by atoms with Crippen LogP contribution in [-0.2, 0) is 16.1 Å². The summed E-state index contributed by atoms with van der Waals surface area (Å²) in [6, 6.07) is 19.0. The van der Waals surface area contributed by atoms with Gasteiger partial charge in [-0.2, -0.15) is 0 Å². The number of aromatic nitrogens is 1. The number of ether oxygens (including phenoxy) is 3. The lowest BCUT2D eigenvalue weighted by Crippen LogP contribution is -2.49. The van der Waals surface area contributed by atoms with Crippen LogP contribution in [0.1, 0.15) is 15.9 Å². The normalized spacial score (nSPS) is 15.1. The van der Waals surface area contributed by atoms with Crippen molar-refractivity contribution in [1.82, 2.24) is 14.8 Å². The molecule has 0 bridgehead atoms. The number of esters is 1. The van der Waals surface area contributed by atoms with Crippen molar-refractivity contribution in [3.63, 3.8) is 0 Å². The van der Waals surface area contributed by atoms with Crippen molar-refractivity contribution in [3.05, 3.63) is 78.0 Å². The second-order valence-electron chi connectivity index (χ2n) is 8.19. The SMILES string of the molecule is O=C(OCC(=O)N1CCN(Cc2ccc3c(c2)OCO3)CC1)c1cccnc1Sc1ccccc1. The van der Waals surface area contributed by atoms with E-state index >= 15 is 0 Å². The fourth-order valence-corrected chi connectivity index (χ4v) is 4.87. The predicted octanol–water partition coefficient (Wildman–Crippen LogP) is 3.46. The van der Waals surface area contributed by atoms with E-state index in [-0.39, 0.29) is 19.3 Å². The number of piperazine rings is 1. The second kappa shape index (κ2) is 10.8. The van der Waals surface area contributed by atoms with E-state index in [1.807, 2.05) is 48.5 Å². The van der Waals surface area contributed by atoms with Gasteiger partial charge in [-0.15, -0.1) is 0 Å². The van der Waals surface area contributed by atoms with Gasteiger partial charge in [-0.3, -0.25) is 9.69 Å². The highest BCUT2D eigenvalue weighted by Gasteiger charge is 2.24. The van der Waals surface area contributed by atoms with E-state index in [1.165, 1.54) is 11.8 Å². The van der Waals surface area contributed by atoms with Crippen LogP contribution in [0.3, 0.4) is 0 Å². The zero-order valence-electron chi connectivity index (χ0n) is 19.1. The molecule has 2 aliphatic rings. The molecular weight excluding hydrogens is 466 g/mol. The fraction of sp³-hybridized carbons (Fsp3) is 0.269. The van der Waals surface area contributed by atoms with Crippen LogP contribution in [0.5, 0.6) is 11.5 Å². The Labute approximate surface area is 207 Å². The van der Waals surface area contributed by atoms with Gasteiger partial charge >= 0.3 is 5.97 Å². The number of rotatable bonds is 7.